The van der Waals surface area contributed by atoms with E-state index in [4.69, 9.17) is 0 Å². The Labute approximate surface area is 438 Å². The Morgan fingerprint density at radius 2 is 0.691 bits per heavy atom. The van der Waals surface area contributed by atoms with E-state index in [2.05, 4.69) is 24.7 Å². The lowest BCUT2D eigenvalue weighted by Crippen LogP contribution is -2.54. The van der Waals surface area contributed by atoms with E-state index in [1.54, 1.807) is 0 Å². The number of halogens is 21. The van der Waals surface area contributed by atoms with E-state index in [-0.39, 0.29) is 45.2 Å². The van der Waals surface area contributed by atoms with E-state index in [0.29, 0.717) is 72.8 Å². The summed E-state index contributed by atoms with van der Waals surface area (Å²) in [5, 5.41) is -7.31. The monoisotopic (exact) mass is 1180 g/mol. The van der Waals surface area contributed by atoms with Gasteiger partial charge in [-0.05, 0) is 113 Å². The molecule has 2 N–H and O–H groups in total. The van der Waals surface area contributed by atoms with Crippen LogP contribution in [-0.2, 0) is 45.6 Å². The molecule has 0 saturated carbocycles. The summed E-state index contributed by atoms with van der Waals surface area (Å²) in [7, 11) is -7.97. The van der Waals surface area contributed by atoms with Crippen LogP contribution in [0.2, 0.25) is 0 Å². The molecule has 5 heterocycles. The molecule has 7 aromatic rings. The van der Waals surface area contributed by atoms with Gasteiger partial charge in [0.05, 0.1) is 56.1 Å². The van der Waals surface area contributed by atoms with Gasteiger partial charge in [0.25, 0.3) is 0 Å². The highest BCUT2D eigenvalue weighted by atomic mass is 32.3. The quantitative estimate of drug-likeness (QED) is 0.105. The highest BCUT2D eigenvalue weighted by Gasteiger charge is 2.75. The van der Waals surface area contributed by atoms with Crippen LogP contribution >= 0.6 is 0 Å². The van der Waals surface area contributed by atoms with Gasteiger partial charge in [0, 0.05) is 38.8 Å². The van der Waals surface area contributed by atoms with Gasteiger partial charge in [0.2, 0.25) is 0 Å². The number of nitrogens with zero attached hydrogens (tertiary/aromatic N) is 2. The van der Waals surface area contributed by atoms with Crippen molar-refractivity contribution in [2.24, 2.45) is 0 Å². The number of aromatic nitrogens is 4. The van der Waals surface area contributed by atoms with Crippen LogP contribution < -0.4 is 0 Å². The number of aromatic amines is 2. The first-order valence-corrected chi connectivity index (χ1v) is 23.8. The SMILES string of the molecule is O=S(=O)(F)C(F)(F)C(F)(F)OC(F)(F)C(F)(F)c1cc2[nH]c1c(-c1ccc(C(F)(F)F)cc1)c1nc(c(-c3ccc(C(F)(F)F)cc3)c3nc(c(-c4ccc(C(F)(F)F)cc4)c4ccc([nH]4)c2-c2ccc(C(F)(F)F)cc2)C=C3)C=C1. The van der Waals surface area contributed by atoms with E-state index in [1.807, 2.05) is 0 Å². The van der Waals surface area contributed by atoms with E-state index < -0.39 is 136 Å². The standard InChI is InChI=1S/C52H25F21N4O3S/c53-45(54,50(67,68)80-51(69,70)52(71,72)81(73,78)79)32-23-39-42(26-5-13-30(14-6-26)48(61,62)63)37-20-19-35(75-37)40(24-1-9-28(10-2-24)46(55,56)57)33-17-18-34(74-33)41(25-3-11-29(12-4-25)47(58,59)60)36-21-22-38(76-36)43(44(32)77-39)27-7-15-31(16-8-27)49(64,65)66/h1-23,75,77H. The zero-order valence-corrected chi connectivity index (χ0v) is 40.1. The van der Waals surface area contributed by atoms with Crippen molar-refractivity contribution < 1.29 is 105 Å². The minimum Gasteiger partial charge on any atom is -0.354 e. The third kappa shape index (κ3) is 10.6. The van der Waals surface area contributed by atoms with Gasteiger partial charge in [-0.15, -0.1) is 0 Å². The van der Waals surface area contributed by atoms with Crippen molar-refractivity contribution in [1.29, 1.82) is 0 Å². The van der Waals surface area contributed by atoms with Crippen LogP contribution in [0.5, 0.6) is 0 Å². The molecule has 4 aromatic carbocycles. The van der Waals surface area contributed by atoms with E-state index in [1.165, 1.54) is 12.2 Å². The van der Waals surface area contributed by atoms with E-state index in [9.17, 15) is 82.6 Å². The summed E-state index contributed by atoms with van der Waals surface area (Å²) in [6.45, 7) is 0. The van der Waals surface area contributed by atoms with E-state index in [0.717, 1.165) is 48.6 Å². The topological polar surface area (TPSA) is 101 Å². The van der Waals surface area contributed by atoms with Gasteiger partial charge in [-0.1, -0.05) is 52.4 Å². The van der Waals surface area contributed by atoms with Gasteiger partial charge in [0.1, 0.15) is 0 Å². The van der Waals surface area contributed by atoms with Crippen LogP contribution in [-0.4, -0.2) is 45.8 Å². The molecule has 2 aliphatic rings. The minimum absolute atomic E-state index is 0.0286. The van der Waals surface area contributed by atoms with E-state index >= 15 is 17.6 Å². The summed E-state index contributed by atoms with van der Waals surface area (Å²) in [6, 6.07) is 12.4. The molecule has 424 valence electrons. The Morgan fingerprint density at radius 3 is 1.06 bits per heavy atom. The maximum atomic E-state index is 17.1. The van der Waals surface area contributed by atoms with Gasteiger partial charge >= 0.3 is 58.3 Å². The second kappa shape index (κ2) is 19.3. The molecule has 0 fully saturated rings. The first kappa shape index (κ1) is 57.6. The number of rotatable bonds is 10. The Kier molecular flexibility index (Phi) is 13.7. The van der Waals surface area contributed by atoms with Crippen molar-refractivity contribution in [3.63, 3.8) is 0 Å². The highest BCUT2D eigenvalue weighted by Crippen LogP contribution is 2.54. The van der Waals surface area contributed by atoms with Gasteiger partial charge in [-0.25, -0.2) is 14.7 Å². The number of ether oxygens (including phenoxy) is 1. The second-order valence-corrected chi connectivity index (χ2v) is 19.0. The minimum atomic E-state index is -7.97. The fraction of sp³-hybridized carbons (Fsp3) is 0.154. The normalized spacial score (nSPS) is 14.0. The van der Waals surface area contributed by atoms with Crippen molar-refractivity contribution in [2.75, 3.05) is 0 Å². The van der Waals surface area contributed by atoms with Gasteiger partial charge in [-0.2, -0.15) is 96.2 Å². The summed E-state index contributed by atoms with van der Waals surface area (Å²) >= 11 is 0. The molecule has 7 nitrogen and oxygen atoms in total. The lowest BCUT2D eigenvalue weighted by Gasteiger charge is -2.31. The maximum absolute atomic E-state index is 17.1. The van der Waals surface area contributed by atoms with Crippen LogP contribution in [0.15, 0.2) is 115 Å². The van der Waals surface area contributed by atoms with Crippen LogP contribution in [0.3, 0.4) is 0 Å². The number of alkyl halides is 20. The first-order valence-electron chi connectivity index (χ1n) is 22.4. The van der Waals surface area contributed by atoms with Crippen molar-refractivity contribution >= 4 is 56.6 Å². The smallest absolute Gasteiger partial charge is 0.354 e. The molecule has 0 unspecified atom stereocenters. The van der Waals surface area contributed by atoms with Crippen LogP contribution in [0, 0.1) is 0 Å². The number of nitrogens with one attached hydrogen (secondary N) is 2. The lowest BCUT2D eigenvalue weighted by molar-refractivity contribution is -0.459. The molecule has 9 rings (SSSR count). The Hall–Kier alpha value is -8.08. The lowest BCUT2D eigenvalue weighted by atomic mass is 9.98. The second-order valence-electron chi connectivity index (χ2n) is 17.7. The van der Waals surface area contributed by atoms with Gasteiger partial charge < -0.3 is 9.97 Å². The molecular weight excluding hydrogens is 1160 g/mol. The number of hydrogen-bond donors (Lipinski definition) is 2. The number of fused-ring (bicyclic) bond motifs is 8. The third-order valence-electron chi connectivity index (χ3n) is 12.5. The molecule has 0 spiro atoms. The Morgan fingerprint density at radius 1 is 0.370 bits per heavy atom. The average molecular weight is 1180 g/mol. The molecule has 0 radical (unpaired) electrons. The average Bonchev–Trinajstić information content (AvgIpc) is 4.34. The Balaban J connectivity index is 1.51. The van der Waals surface area contributed by atoms with Crippen molar-refractivity contribution in [2.45, 2.75) is 48.1 Å². The van der Waals surface area contributed by atoms with Crippen molar-refractivity contribution in [1.82, 2.24) is 19.9 Å². The summed E-state index contributed by atoms with van der Waals surface area (Å²) in [5.74, 6) is -6.56. The van der Waals surface area contributed by atoms with Crippen LogP contribution in [0.25, 0.3) is 90.9 Å². The third-order valence-corrected chi connectivity index (χ3v) is 13.3. The van der Waals surface area contributed by atoms with Gasteiger partial charge in [0.15, 0.2) is 0 Å². The number of H-pyrrole nitrogens is 2. The number of benzene rings is 4. The molecular formula is C52H25F21N4O3S. The summed E-state index contributed by atoms with van der Waals surface area (Å²) in [6.07, 6.45) is -30.1. The molecule has 0 saturated heterocycles. The largest absolute Gasteiger partial charge is 0.464 e. The molecule has 29 heteroatoms. The summed E-state index contributed by atoms with van der Waals surface area (Å²) in [5.41, 5.74) is -15.8. The molecule has 81 heavy (non-hydrogen) atoms. The van der Waals surface area contributed by atoms with Gasteiger partial charge in [-0.3, -0.25) is 0 Å². The summed E-state index contributed by atoms with van der Waals surface area (Å²) in [4.78, 5) is 14.1. The molecule has 0 amide bonds. The summed E-state index contributed by atoms with van der Waals surface area (Å²) < 4.78 is 330. The predicted octanol–water partition coefficient (Wildman–Crippen LogP) is 17.6. The Bertz CT molecular complexity index is 3970. The molecule has 3 aromatic heterocycles. The zero-order chi connectivity index (χ0) is 59.4. The maximum Gasteiger partial charge on any atom is 0.464 e. The van der Waals surface area contributed by atoms with Crippen LogP contribution in [0.4, 0.5) is 91.7 Å². The zero-order valence-electron chi connectivity index (χ0n) is 39.2. The molecule has 0 aliphatic carbocycles. The fourth-order valence-electron chi connectivity index (χ4n) is 8.63. The molecule has 8 bridgehead atoms. The molecule has 0 atom stereocenters. The first-order chi connectivity index (χ1) is 37.3. The predicted molar refractivity (Wildman–Crippen MR) is 250 cm³/mol. The highest BCUT2D eigenvalue weighted by molar-refractivity contribution is 7.87. The van der Waals surface area contributed by atoms with Crippen LogP contribution in [0.1, 0.15) is 50.6 Å². The molecule has 2 aliphatic heterocycles. The van der Waals surface area contributed by atoms with Crippen molar-refractivity contribution in [3.05, 3.63) is 166 Å². The van der Waals surface area contributed by atoms with Crippen molar-refractivity contribution in [3.8, 4) is 44.5 Å². The fourth-order valence-corrected chi connectivity index (χ4v) is 8.96. The number of hydrogen-bond acceptors (Lipinski definition) is 5.